The molecule has 14 heavy (non-hydrogen) atoms. The summed E-state index contributed by atoms with van der Waals surface area (Å²) in [7, 11) is 1.68. The Morgan fingerprint density at radius 1 is 1.36 bits per heavy atom. The molecule has 1 aliphatic rings. The maximum Gasteiger partial charge on any atom is 0.267 e. The summed E-state index contributed by atoms with van der Waals surface area (Å²) in [4.78, 5) is 0. The second kappa shape index (κ2) is 2.96. The third kappa shape index (κ3) is 1.18. The number of quaternary nitrogens is 1. The molecule has 0 fully saturated rings. The van der Waals surface area contributed by atoms with Gasteiger partial charge >= 0.3 is 0 Å². The molecule has 0 aliphatic carbocycles. The first-order valence-corrected chi connectivity index (χ1v) is 4.38. The van der Waals surface area contributed by atoms with Gasteiger partial charge in [-0.2, -0.15) is 4.59 Å². The van der Waals surface area contributed by atoms with Gasteiger partial charge in [-0.05, 0) is 6.92 Å². The fourth-order valence-corrected chi connectivity index (χ4v) is 1.61. The normalized spacial score (nSPS) is 34.4. The van der Waals surface area contributed by atoms with Crippen LogP contribution in [-0.4, -0.2) is 47.1 Å². The number of nitrogens with two attached hydrogens (primary N) is 4. The fraction of sp³-hybridized carbons (Fsp3) is 0.857. The van der Waals surface area contributed by atoms with Crippen molar-refractivity contribution in [1.82, 2.24) is 0 Å². The van der Waals surface area contributed by atoms with Gasteiger partial charge in [0.25, 0.3) is 5.79 Å². The van der Waals surface area contributed by atoms with Crippen molar-refractivity contribution in [2.75, 3.05) is 20.2 Å². The van der Waals surface area contributed by atoms with Crippen LogP contribution in [0.25, 0.3) is 0 Å². The molecule has 7 heteroatoms. The number of aliphatic hydroxyl groups excluding tert-OH is 1. The molecule has 0 saturated carbocycles. The smallest absolute Gasteiger partial charge is 0.267 e. The van der Waals surface area contributed by atoms with Gasteiger partial charge in [0, 0.05) is 0 Å². The van der Waals surface area contributed by atoms with Crippen molar-refractivity contribution in [3.05, 3.63) is 0 Å². The van der Waals surface area contributed by atoms with Gasteiger partial charge in [0.2, 0.25) is 0 Å². The monoisotopic (exact) mass is 203 g/mol. The lowest BCUT2D eigenvalue weighted by atomic mass is 9.99. The minimum atomic E-state index is -1.40. The first-order chi connectivity index (χ1) is 6.19. The van der Waals surface area contributed by atoms with Gasteiger partial charge < -0.3 is 16.6 Å². The third-order valence-electron chi connectivity index (χ3n) is 2.96. The van der Waals surface area contributed by atoms with Crippen LogP contribution < -0.4 is 22.9 Å². The Bertz CT molecular complexity index is 273. The van der Waals surface area contributed by atoms with Crippen molar-refractivity contribution in [3.8, 4) is 0 Å². The van der Waals surface area contributed by atoms with Gasteiger partial charge in [-0.25, -0.2) is 0 Å². The van der Waals surface area contributed by atoms with Gasteiger partial charge in [0.15, 0.2) is 5.66 Å². The molecule has 1 aliphatic heterocycles. The lowest BCUT2D eigenvalue weighted by molar-refractivity contribution is -0.962. The van der Waals surface area contributed by atoms with Crippen LogP contribution in [-0.2, 0) is 0 Å². The molecule has 0 aromatic rings. The average Bonchev–Trinajstić information content (AvgIpc) is 2.12. The van der Waals surface area contributed by atoms with Crippen molar-refractivity contribution in [2.45, 2.75) is 18.4 Å². The topological polar surface area (TPSA) is 137 Å². The van der Waals surface area contributed by atoms with Gasteiger partial charge in [0.1, 0.15) is 12.3 Å². The SMILES string of the molecule is CC1=N[N+](C)(CCO)C(N)(N)C1(N)N. The van der Waals surface area contributed by atoms with Crippen LogP contribution >= 0.6 is 0 Å². The number of aliphatic hydroxyl groups is 1. The summed E-state index contributed by atoms with van der Waals surface area (Å²) in [6.07, 6.45) is 0. The Hall–Kier alpha value is -0.570. The molecule has 0 radical (unpaired) electrons. The molecule has 7 nitrogen and oxygen atoms in total. The highest BCUT2D eigenvalue weighted by Gasteiger charge is 2.62. The molecule has 1 heterocycles. The Labute approximate surface area is 82.9 Å². The zero-order chi connectivity index (χ0) is 11.2. The van der Waals surface area contributed by atoms with Crippen LogP contribution in [0.4, 0.5) is 0 Å². The van der Waals surface area contributed by atoms with Gasteiger partial charge in [-0.3, -0.25) is 11.5 Å². The number of hydrogen-bond acceptors (Lipinski definition) is 6. The highest BCUT2D eigenvalue weighted by atomic mass is 16.3. The van der Waals surface area contributed by atoms with Crippen molar-refractivity contribution >= 4 is 5.71 Å². The third-order valence-corrected chi connectivity index (χ3v) is 2.96. The van der Waals surface area contributed by atoms with E-state index in [9.17, 15) is 0 Å². The summed E-state index contributed by atoms with van der Waals surface area (Å²) < 4.78 is -0.109. The second-order valence-electron chi connectivity index (χ2n) is 3.97. The number of likely N-dealkylation sites (N-methyl/N-ethyl adjacent to an activating group) is 1. The molecule has 0 saturated heterocycles. The fourth-order valence-electron chi connectivity index (χ4n) is 1.61. The molecule has 0 bridgehead atoms. The van der Waals surface area contributed by atoms with Gasteiger partial charge in [0.05, 0.1) is 13.7 Å². The first-order valence-electron chi connectivity index (χ1n) is 4.38. The van der Waals surface area contributed by atoms with E-state index in [1.807, 2.05) is 0 Å². The van der Waals surface area contributed by atoms with E-state index in [0.717, 1.165) is 0 Å². The van der Waals surface area contributed by atoms with Crippen molar-refractivity contribution in [1.29, 1.82) is 0 Å². The molecule has 82 valence electrons. The zero-order valence-corrected chi connectivity index (χ0v) is 8.57. The minimum Gasteiger partial charge on any atom is -0.390 e. The van der Waals surface area contributed by atoms with E-state index in [1.165, 1.54) is 0 Å². The van der Waals surface area contributed by atoms with E-state index in [0.29, 0.717) is 5.71 Å². The number of nitrogens with zero attached hydrogens (tertiary/aromatic N) is 2. The summed E-state index contributed by atoms with van der Waals surface area (Å²) in [5.41, 5.74) is 22.5. The maximum atomic E-state index is 8.90. The largest absolute Gasteiger partial charge is 0.390 e. The van der Waals surface area contributed by atoms with Crippen LogP contribution in [0.3, 0.4) is 0 Å². The molecular formula is C7H19N6O+. The van der Waals surface area contributed by atoms with Crippen LogP contribution in [0, 0.1) is 0 Å². The quantitative estimate of drug-likeness (QED) is 0.240. The Balaban J connectivity index is 3.15. The van der Waals surface area contributed by atoms with E-state index in [2.05, 4.69) is 5.10 Å². The summed E-state index contributed by atoms with van der Waals surface area (Å²) in [5.74, 6) is -1.40. The molecule has 1 atom stereocenters. The molecular weight excluding hydrogens is 184 g/mol. The van der Waals surface area contributed by atoms with Crippen molar-refractivity contribution in [3.63, 3.8) is 0 Å². The highest BCUT2D eigenvalue weighted by Crippen LogP contribution is 2.28. The standard InChI is InChI=1S/C7H19N6O/c1-5-6(8,9)7(10,11)13(2,12-5)3-4-14/h14H,3-4,8-11H2,1-2H3/q+1. The lowest BCUT2D eigenvalue weighted by Gasteiger charge is -2.41. The molecule has 0 aromatic carbocycles. The molecule has 1 unspecified atom stereocenters. The predicted octanol–water partition coefficient (Wildman–Crippen LogP) is -3.00. The van der Waals surface area contributed by atoms with E-state index < -0.39 is 11.4 Å². The summed E-state index contributed by atoms with van der Waals surface area (Å²) >= 11 is 0. The van der Waals surface area contributed by atoms with Gasteiger partial charge in [-0.1, -0.05) is 5.10 Å². The molecule has 9 N–H and O–H groups in total. The summed E-state index contributed by atoms with van der Waals surface area (Å²) in [5, 5.41) is 13.1. The Morgan fingerprint density at radius 2 is 1.86 bits per heavy atom. The summed E-state index contributed by atoms with van der Waals surface area (Å²) in [6.45, 7) is 1.87. The zero-order valence-electron chi connectivity index (χ0n) is 8.57. The second-order valence-corrected chi connectivity index (χ2v) is 3.97. The average molecular weight is 203 g/mol. The van der Waals surface area contributed by atoms with Crippen molar-refractivity contribution in [2.24, 2.45) is 28.0 Å². The first kappa shape index (κ1) is 11.5. The molecule has 0 amide bonds. The van der Waals surface area contributed by atoms with Gasteiger partial charge in [-0.15, -0.1) is 0 Å². The molecule has 0 aromatic heterocycles. The van der Waals surface area contributed by atoms with E-state index in [4.69, 9.17) is 28.0 Å². The van der Waals surface area contributed by atoms with E-state index in [1.54, 1.807) is 14.0 Å². The van der Waals surface area contributed by atoms with E-state index >= 15 is 0 Å². The molecule has 1 rings (SSSR count). The van der Waals surface area contributed by atoms with Crippen molar-refractivity contribution < 1.29 is 9.70 Å². The Kier molecular flexibility index (Phi) is 2.43. The number of rotatable bonds is 2. The van der Waals surface area contributed by atoms with Crippen LogP contribution in [0.5, 0.6) is 0 Å². The summed E-state index contributed by atoms with van der Waals surface area (Å²) in [6, 6.07) is 0. The van der Waals surface area contributed by atoms with Crippen LogP contribution in [0.15, 0.2) is 5.10 Å². The predicted molar refractivity (Wildman–Crippen MR) is 53.5 cm³/mol. The van der Waals surface area contributed by atoms with Crippen LogP contribution in [0.2, 0.25) is 0 Å². The lowest BCUT2D eigenvalue weighted by Crippen LogP contribution is -2.85. The van der Waals surface area contributed by atoms with Crippen LogP contribution in [0.1, 0.15) is 6.92 Å². The molecule has 0 spiro atoms. The maximum absolute atomic E-state index is 8.90. The Morgan fingerprint density at radius 3 is 2.14 bits per heavy atom. The number of hydrogen-bond donors (Lipinski definition) is 5. The highest BCUT2D eigenvalue weighted by molar-refractivity contribution is 5.92. The minimum absolute atomic E-state index is 0.0838. The van der Waals surface area contributed by atoms with E-state index in [-0.39, 0.29) is 17.7 Å².